The highest BCUT2D eigenvalue weighted by Crippen LogP contribution is 2.20. The van der Waals surface area contributed by atoms with Crippen LogP contribution in [0.3, 0.4) is 0 Å². The van der Waals surface area contributed by atoms with E-state index in [9.17, 15) is 0 Å². The summed E-state index contributed by atoms with van der Waals surface area (Å²) in [5.74, 6) is 0. The van der Waals surface area contributed by atoms with Crippen LogP contribution in [-0.2, 0) is 6.54 Å². The molecule has 0 spiro atoms. The predicted octanol–water partition coefficient (Wildman–Crippen LogP) is 2.72. The van der Waals surface area contributed by atoms with Crippen LogP contribution in [0.15, 0.2) is 42.9 Å². The highest BCUT2D eigenvalue weighted by atomic mass is 15.1. The van der Waals surface area contributed by atoms with Crippen molar-refractivity contribution in [2.75, 3.05) is 5.32 Å². The highest BCUT2D eigenvalue weighted by molar-refractivity contribution is 5.64. The van der Waals surface area contributed by atoms with Gasteiger partial charge in [0, 0.05) is 23.1 Å². The van der Waals surface area contributed by atoms with E-state index in [1.54, 1.807) is 12.5 Å². The molecule has 0 aliphatic carbocycles. The number of nitrogens with one attached hydrogen (secondary N) is 3. The van der Waals surface area contributed by atoms with Gasteiger partial charge in [-0.15, -0.1) is 0 Å². The molecule has 0 atom stereocenters. The maximum Gasteiger partial charge on any atom is 0.0925 e. The van der Waals surface area contributed by atoms with E-state index in [2.05, 4.69) is 37.6 Å². The van der Waals surface area contributed by atoms with Gasteiger partial charge in [-0.05, 0) is 25.1 Å². The van der Waals surface area contributed by atoms with Gasteiger partial charge in [0.05, 0.1) is 24.3 Å². The molecule has 3 N–H and O–H groups in total. The summed E-state index contributed by atoms with van der Waals surface area (Å²) >= 11 is 0. The smallest absolute Gasteiger partial charge is 0.0925 e. The largest absolute Gasteiger partial charge is 0.379 e. The summed E-state index contributed by atoms with van der Waals surface area (Å²) in [6, 6.07) is 10.2. The van der Waals surface area contributed by atoms with Crippen molar-refractivity contribution < 1.29 is 0 Å². The summed E-state index contributed by atoms with van der Waals surface area (Å²) in [7, 11) is 0. The molecule has 0 radical (unpaired) electrons. The Kier molecular flexibility index (Phi) is 3.02. The molecule has 0 aliphatic rings. The van der Waals surface area contributed by atoms with Gasteiger partial charge in [0.15, 0.2) is 0 Å². The van der Waals surface area contributed by atoms with Crippen LogP contribution in [0, 0.1) is 6.92 Å². The van der Waals surface area contributed by atoms with Crippen molar-refractivity contribution in [3.05, 3.63) is 54.2 Å². The Balaban J connectivity index is 1.75. The third kappa shape index (κ3) is 2.49. The Morgan fingerprint density at radius 1 is 1.26 bits per heavy atom. The number of aromatic nitrogens is 4. The van der Waals surface area contributed by atoms with Crippen molar-refractivity contribution in [1.82, 2.24) is 20.2 Å². The second kappa shape index (κ2) is 4.97. The van der Waals surface area contributed by atoms with Crippen molar-refractivity contribution in [2.24, 2.45) is 0 Å². The van der Waals surface area contributed by atoms with Gasteiger partial charge >= 0.3 is 0 Å². The van der Waals surface area contributed by atoms with Crippen LogP contribution in [0.25, 0.3) is 11.3 Å². The Morgan fingerprint density at radius 2 is 2.21 bits per heavy atom. The van der Waals surface area contributed by atoms with Crippen LogP contribution < -0.4 is 5.32 Å². The first-order chi connectivity index (χ1) is 9.33. The first kappa shape index (κ1) is 11.5. The summed E-state index contributed by atoms with van der Waals surface area (Å²) in [5, 5.41) is 10.3. The van der Waals surface area contributed by atoms with Crippen LogP contribution in [0.1, 0.15) is 11.4 Å². The zero-order valence-electron chi connectivity index (χ0n) is 10.6. The summed E-state index contributed by atoms with van der Waals surface area (Å²) in [6.07, 6.45) is 3.47. The molecule has 0 amide bonds. The van der Waals surface area contributed by atoms with E-state index in [4.69, 9.17) is 0 Å². The zero-order valence-corrected chi connectivity index (χ0v) is 10.6. The van der Waals surface area contributed by atoms with Crippen LogP contribution in [-0.4, -0.2) is 20.2 Å². The van der Waals surface area contributed by atoms with Gasteiger partial charge in [-0.1, -0.05) is 12.1 Å². The second-order valence-corrected chi connectivity index (χ2v) is 4.38. The molecule has 5 nitrogen and oxygen atoms in total. The summed E-state index contributed by atoms with van der Waals surface area (Å²) in [4.78, 5) is 7.34. The summed E-state index contributed by atoms with van der Waals surface area (Å²) < 4.78 is 0. The zero-order chi connectivity index (χ0) is 13.1. The van der Waals surface area contributed by atoms with E-state index in [0.29, 0.717) is 6.54 Å². The number of aromatic amines is 2. The van der Waals surface area contributed by atoms with E-state index in [-0.39, 0.29) is 0 Å². The lowest BCUT2D eigenvalue weighted by Gasteiger charge is -2.07. The Morgan fingerprint density at radius 3 is 2.95 bits per heavy atom. The molecule has 0 saturated carbocycles. The van der Waals surface area contributed by atoms with Gasteiger partial charge in [-0.3, -0.25) is 5.10 Å². The number of hydrogen-bond donors (Lipinski definition) is 3. The molecule has 5 heteroatoms. The standard InChI is InChI=1S/C14H15N5/c1-10-14(17-9-16-10)8-15-12-4-2-3-11(7-12)13-5-6-18-19-13/h2-7,9,15H,8H2,1H3,(H,16,17)(H,18,19). The molecule has 0 bridgehead atoms. The number of anilines is 1. The third-order valence-corrected chi connectivity index (χ3v) is 3.07. The maximum absolute atomic E-state index is 4.27. The SMILES string of the molecule is Cc1[nH]cnc1CNc1cccc(-c2ccn[nH]2)c1. The van der Waals surface area contributed by atoms with Crippen molar-refractivity contribution in [1.29, 1.82) is 0 Å². The molecule has 0 fully saturated rings. The van der Waals surface area contributed by atoms with E-state index in [0.717, 1.165) is 28.3 Å². The van der Waals surface area contributed by atoms with Crippen molar-refractivity contribution in [3.8, 4) is 11.3 Å². The number of benzene rings is 1. The van der Waals surface area contributed by atoms with Gasteiger partial charge in [-0.2, -0.15) is 5.10 Å². The minimum Gasteiger partial charge on any atom is -0.379 e. The van der Waals surface area contributed by atoms with Crippen molar-refractivity contribution in [2.45, 2.75) is 13.5 Å². The van der Waals surface area contributed by atoms with E-state index in [1.165, 1.54) is 0 Å². The van der Waals surface area contributed by atoms with Crippen LogP contribution in [0.4, 0.5) is 5.69 Å². The van der Waals surface area contributed by atoms with Gasteiger partial charge in [0.1, 0.15) is 0 Å². The average molecular weight is 253 g/mol. The number of H-pyrrole nitrogens is 2. The molecule has 2 aromatic heterocycles. The van der Waals surface area contributed by atoms with Gasteiger partial charge < -0.3 is 10.3 Å². The van der Waals surface area contributed by atoms with Gasteiger partial charge in [0.2, 0.25) is 0 Å². The molecule has 19 heavy (non-hydrogen) atoms. The number of imidazole rings is 1. The van der Waals surface area contributed by atoms with E-state index in [1.807, 2.05) is 25.1 Å². The Labute approximate surface area is 111 Å². The maximum atomic E-state index is 4.27. The topological polar surface area (TPSA) is 69.4 Å². The minimum absolute atomic E-state index is 0.710. The number of nitrogens with zero attached hydrogens (tertiary/aromatic N) is 2. The van der Waals surface area contributed by atoms with Crippen molar-refractivity contribution in [3.63, 3.8) is 0 Å². The second-order valence-electron chi connectivity index (χ2n) is 4.38. The lowest BCUT2D eigenvalue weighted by atomic mass is 10.1. The van der Waals surface area contributed by atoms with Crippen LogP contribution in [0.2, 0.25) is 0 Å². The normalized spacial score (nSPS) is 10.6. The highest BCUT2D eigenvalue weighted by Gasteiger charge is 2.02. The Hall–Kier alpha value is -2.56. The quantitative estimate of drug-likeness (QED) is 0.669. The molecule has 0 saturated heterocycles. The van der Waals surface area contributed by atoms with E-state index < -0.39 is 0 Å². The molecule has 2 heterocycles. The molecule has 3 rings (SSSR count). The molecule has 0 unspecified atom stereocenters. The number of aryl methyl sites for hydroxylation is 1. The lowest BCUT2D eigenvalue weighted by Crippen LogP contribution is -2.01. The van der Waals surface area contributed by atoms with Crippen molar-refractivity contribution >= 4 is 5.69 Å². The summed E-state index contributed by atoms with van der Waals surface area (Å²) in [6.45, 7) is 2.73. The molecule has 1 aromatic carbocycles. The van der Waals surface area contributed by atoms with Crippen LogP contribution >= 0.6 is 0 Å². The first-order valence-corrected chi connectivity index (χ1v) is 6.15. The number of hydrogen-bond acceptors (Lipinski definition) is 3. The molecule has 0 aliphatic heterocycles. The third-order valence-electron chi connectivity index (χ3n) is 3.07. The summed E-state index contributed by atoms with van der Waals surface area (Å²) in [5.41, 5.74) is 5.32. The molecular formula is C14H15N5. The first-order valence-electron chi connectivity index (χ1n) is 6.15. The fourth-order valence-electron chi connectivity index (χ4n) is 1.96. The molecule has 3 aromatic rings. The average Bonchev–Trinajstić information content (AvgIpc) is 3.08. The lowest BCUT2D eigenvalue weighted by molar-refractivity contribution is 1.05. The van der Waals surface area contributed by atoms with Gasteiger partial charge in [-0.25, -0.2) is 4.98 Å². The monoisotopic (exact) mass is 253 g/mol. The Bertz CT molecular complexity index is 654. The fraction of sp³-hybridized carbons (Fsp3) is 0.143. The molecular weight excluding hydrogens is 238 g/mol. The number of rotatable bonds is 4. The predicted molar refractivity (Wildman–Crippen MR) is 74.7 cm³/mol. The van der Waals surface area contributed by atoms with Crippen LogP contribution in [0.5, 0.6) is 0 Å². The van der Waals surface area contributed by atoms with Gasteiger partial charge in [0.25, 0.3) is 0 Å². The van der Waals surface area contributed by atoms with E-state index >= 15 is 0 Å². The molecule has 96 valence electrons. The fourth-order valence-corrected chi connectivity index (χ4v) is 1.96. The minimum atomic E-state index is 0.710.